The number of carbonyl (C=O) groups excluding carboxylic acids is 1. The molecule has 1 aromatic carbocycles. The first-order valence-corrected chi connectivity index (χ1v) is 4.48. The summed E-state index contributed by atoms with van der Waals surface area (Å²) in [6.07, 6.45) is 1.04. The number of pyridine rings is 1. The topological polar surface area (TPSA) is 30.0 Å². The van der Waals surface area contributed by atoms with E-state index < -0.39 is 5.82 Å². The van der Waals surface area contributed by atoms with Crippen molar-refractivity contribution < 1.29 is 9.18 Å². The normalized spacial score (nSPS) is 9.93. The molecule has 2 rings (SSSR count). The zero-order valence-electron chi connectivity index (χ0n) is 7.85. The lowest BCUT2D eigenvalue weighted by molar-refractivity contribution is 0.103. The minimum atomic E-state index is -0.445. The molecule has 3 heteroatoms. The van der Waals surface area contributed by atoms with E-state index in [1.54, 1.807) is 24.3 Å². The molecule has 0 aliphatic heterocycles. The van der Waals surface area contributed by atoms with Crippen LogP contribution in [0.2, 0.25) is 0 Å². The van der Waals surface area contributed by atoms with Crippen molar-refractivity contribution in [3.63, 3.8) is 0 Å². The van der Waals surface area contributed by atoms with Crippen LogP contribution in [0.5, 0.6) is 0 Å². The van der Waals surface area contributed by atoms with Gasteiger partial charge in [0.15, 0.2) is 0 Å². The van der Waals surface area contributed by atoms with Gasteiger partial charge in [-0.1, -0.05) is 30.3 Å². The predicted octanol–water partition coefficient (Wildman–Crippen LogP) is 2.45. The maximum absolute atomic E-state index is 12.6. The molecule has 74 valence electrons. The third-order valence-corrected chi connectivity index (χ3v) is 2.00. The van der Waals surface area contributed by atoms with Gasteiger partial charge in [0.05, 0.1) is 6.20 Å². The highest BCUT2D eigenvalue weighted by Gasteiger charge is 2.09. The maximum atomic E-state index is 12.6. The Balaban J connectivity index is 2.33. The van der Waals surface area contributed by atoms with Gasteiger partial charge in [-0.3, -0.25) is 4.79 Å². The monoisotopic (exact) mass is 201 g/mol. The van der Waals surface area contributed by atoms with Crippen LogP contribution >= 0.6 is 0 Å². The quantitative estimate of drug-likeness (QED) is 0.698. The van der Waals surface area contributed by atoms with Gasteiger partial charge in [-0.15, -0.1) is 0 Å². The standard InChI is InChI=1S/C12H8FNO/c13-10-6-7-11(14-8-10)12(15)9-4-2-1-3-5-9/h1-8H. The highest BCUT2D eigenvalue weighted by molar-refractivity contribution is 6.07. The van der Waals surface area contributed by atoms with Gasteiger partial charge in [0, 0.05) is 5.56 Å². The van der Waals surface area contributed by atoms with Gasteiger partial charge in [0.25, 0.3) is 0 Å². The van der Waals surface area contributed by atoms with Crippen LogP contribution in [-0.4, -0.2) is 10.8 Å². The van der Waals surface area contributed by atoms with Crippen LogP contribution in [0.1, 0.15) is 16.1 Å². The number of hydrogen-bond donors (Lipinski definition) is 0. The Hall–Kier alpha value is -2.03. The van der Waals surface area contributed by atoms with Crippen molar-refractivity contribution in [2.45, 2.75) is 0 Å². The molecule has 0 unspecified atom stereocenters. The largest absolute Gasteiger partial charge is 0.287 e. The fourth-order valence-electron chi connectivity index (χ4n) is 1.25. The van der Waals surface area contributed by atoms with Gasteiger partial charge in [-0.2, -0.15) is 0 Å². The Bertz CT molecular complexity index is 465. The average Bonchev–Trinajstić information content (AvgIpc) is 2.30. The lowest BCUT2D eigenvalue weighted by atomic mass is 10.1. The summed E-state index contributed by atoms with van der Waals surface area (Å²) < 4.78 is 12.6. The summed E-state index contributed by atoms with van der Waals surface area (Å²) in [5.41, 5.74) is 0.805. The first-order valence-electron chi connectivity index (χ1n) is 4.48. The van der Waals surface area contributed by atoms with Crippen LogP contribution in [0, 0.1) is 5.82 Å². The van der Waals surface area contributed by atoms with Crippen molar-refractivity contribution in [3.05, 3.63) is 65.7 Å². The van der Waals surface area contributed by atoms with Gasteiger partial charge in [0.1, 0.15) is 11.5 Å². The van der Waals surface area contributed by atoms with E-state index >= 15 is 0 Å². The lowest BCUT2D eigenvalue weighted by Gasteiger charge is -1.99. The Morgan fingerprint density at radius 1 is 1.07 bits per heavy atom. The SMILES string of the molecule is O=C(c1ccccc1)c1ccc(F)cn1. The van der Waals surface area contributed by atoms with Gasteiger partial charge >= 0.3 is 0 Å². The molecule has 15 heavy (non-hydrogen) atoms. The van der Waals surface area contributed by atoms with E-state index in [0.717, 1.165) is 6.20 Å². The molecule has 0 N–H and O–H groups in total. The predicted molar refractivity (Wildman–Crippen MR) is 54.1 cm³/mol. The summed E-state index contributed by atoms with van der Waals surface area (Å²) in [6.45, 7) is 0. The molecule has 0 fully saturated rings. The molecule has 2 aromatic rings. The second kappa shape index (κ2) is 4.00. The van der Waals surface area contributed by atoms with Gasteiger partial charge < -0.3 is 0 Å². The Kier molecular flexibility index (Phi) is 2.54. The number of benzene rings is 1. The van der Waals surface area contributed by atoms with Crippen LogP contribution in [-0.2, 0) is 0 Å². The number of rotatable bonds is 2. The summed E-state index contributed by atoms with van der Waals surface area (Å²) in [5, 5.41) is 0. The minimum absolute atomic E-state index is 0.199. The number of hydrogen-bond acceptors (Lipinski definition) is 2. The van der Waals surface area contributed by atoms with E-state index in [-0.39, 0.29) is 11.5 Å². The summed E-state index contributed by atoms with van der Waals surface area (Å²) in [5.74, 6) is -0.643. The van der Waals surface area contributed by atoms with Crippen molar-refractivity contribution in [1.82, 2.24) is 4.98 Å². The van der Waals surface area contributed by atoms with Crippen LogP contribution in [0.3, 0.4) is 0 Å². The molecule has 0 amide bonds. The Morgan fingerprint density at radius 3 is 2.40 bits per heavy atom. The Labute approximate surface area is 86.4 Å². The molecule has 0 atom stereocenters. The highest BCUT2D eigenvalue weighted by atomic mass is 19.1. The molecule has 0 radical (unpaired) electrons. The minimum Gasteiger partial charge on any atom is -0.287 e. The number of aromatic nitrogens is 1. The average molecular weight is 201 g/mol. The molecule has 0 saturated heterocycles. The van der Waals surface area contributed by atoms with Crippen molar-refractivity contribution in [3.8, 4) is 0 Å². The molecule has 0 aliphatic carbocycles. The molecule has 0 aliphatic rings. The molecule has 1 heterocycles. The molecular weight excluding hydrogens is 193 g/mol. The van der Waals surface area contributed by atoms with E-state index in [4.69, 9.17) is 0 Å². The van der Waals surface area contributed by atoms with Crippen molar-refractivity contribution in [1.29, 1.82) is 0 Å². The number of carbonyl (C=O) groups is 1. The molecule has 0 saturated carbocycles. The maximum Gasteiger partial charge on any atom is 0.211 e. The second-order valence-electron chi connectivity index (χ2n) is 3.06. The van der Waals surface area contributed by atoms with E-state index in [9.17, 15) is 9.18 Å². The number of halogens is 1. The molecular formula is C12H8FNO. The molecule has 0 spiro atoms. The molecule has 0 bridgehead atoms. The summed E-state index contributed by atoms with van der Waals surface area (Å²) in [4.78, 5) is 15.5. The van der Waals surface area contributed by atoms with Crippen LogP contribution in [0.15, 0.2) is 48.7 Å². The lowest BCUT2D eigenvalue weighted by Crippen LogP contribution is -2.03. The first kappa shape index (κ1) is 9.52. The number of ketones is 1. The zero-order chi connectivity index (χ0) is 10.7. The van der Waals surface area contributed by atoms with Crippen LogP contribution in [0.4, 0.5) is 4.39 Å². The van der Waals surface area contributed by atoms with E-state index in [1.807, 2.05) is 6.07 Å². The molecule has 2 nitrogen and oxygen atoms in total. The van der Waals surface area contributed by atoms with E-state index in [1.165, 1.54) is 12.1 Å². The van der Waals surface area contributed by atoms with E-state index in [0.29, 0.717) is 5.56 Å². The fourth-order valence-corrected chi connectivity index (χ4v) is 1.25. The van der Waals surface area contributed by atoms with Crippen molar-refractivity contribution in [2.24, 2.45) is 0 Å². The first-order chi connectivity index (χ1) is 7.27. The molecule has 1 aromatic heterocycles. The van der Waals surface area contributed by atoms with Crippen molar-refractivity contribution in [2.75, 3.05) is 0 Å². The van der Waals surface area contributed by atoms with Crippen LogP contribution in [0.25, 0.3) is 0 Å². The smallest absolute Gasteiger partial charge is 0.211 e. The summed E-state index contributed by atoms with van der Waals surface area (Å²) in [6, 6.07) is 11.4. The van der Waals surface area contributed by atoms with Gasteiger partial charge in [0.2, 0.25) is 5.78 Å². The number of nitrogens with zero attached hydrogens (tertiary/aromatic N) is 1. The van der Waals surface area contributed by atoms with Crippen LogP contribution < -0.4 is 0 Å². The highest BCUT2D eigenvalue weighted by Crippen LogP contribution is 2.07. The van der Waals surface area contributed by atoms with Gasteiger partial charge in [-0.05, 0) is 12.1 Å². The summed E-state index contributed by atoms with van der Waals surface area (Å²) in [7, 11) is 0. The van der Waals surface area contributed by atoms with E-state index in [2.05, 4.69) is 4.98 Å². The van der Waals surface area contributed by atoms with Crippen molar-refractivity contribution >= 4 is 5.78 Å². The third kappa shape index (κ3) is 2.07. The zero-order valence-corrected chi connectivity index (χ0v) is 7.85. The third-order valence-electron chi connectivity index (χ3n) is 2.00. The van der Waals surface area contributed by atoms with Gasteiger partial charge in [-0.25, -0.2) is 9.37 Å². The second-order valence-corrected chi connectivity index (χ2v) is 3.06. The Morgan fingerprint density at radius 2 is 1.80 bits per heavy atom. The fraction of sp³-hybridized carbons (Fsp3) is 0. The summed E-state index contributed by atoms with van der Waals surface area (Å²) >= 11 is 0.